The molecule has 0 saturated carbocycles. The number of aromatic nitrogens is 1. The summed E-state index contributed by atoms with van der Waals surface area (Å²) in [5.74, 6) is 0. The Bertz CT molecular complexity index is 789. The van der Waals surface area contributed by atoms with E-state index in [9.17, 15) is 4.79 Å². The van der Waals surface area contributed by atoms with E-state index in [0.717, 1.165) is 27.4 Å². The summed E-state index contributed by atoms with van der Waals surface area (Å²) in [7, 11) is 0. The lowest BCUT2D eigenvalue weighted by Crippen LogP contribution is -2.05. The minimum absolute atomic E-state index is 0.105. The first-order valence-electron chi connectivity index (χ1n) is 5.38. The first-order chi connectivity index (χ1) is 8.18. The molecule has 3 heteroatoms. The largest absolute Gasteiger partial charge is 0.354 e. The lowest BCUT2D eigenvalue weighted by Gasteiger charge is -2.06. The molecule has 3 aromatic rings. The Balaban J connectivity index is 2.64. The molecule has 0 atom stereocenters. The average Bonchev–Trinajstić information content (AvgIpc) is 2.35. The molecule has 1 N–H and O–H groups in total. The van der Waals surface area contributed by atoms with Crippen LogP contribution in [0.5, 0.6) is 0 Å². The third kappa shape index (κ3) is 1.57. The van der Waals surface area contributed by atoms with Gasteiger partial charge in [-0.1, -0.05) is 12.1 Å². The Hall–Kier alpha value is -1.36. The van der Waals surface area contributed by atoms with E-state index in [4.69, 9.17) is 0 Å². The number of benzene rings is 2. The van der Waals surface area contributed by atoms with Crippen molar-refractivity contribution < 1.29 is 0 Å². The van der Waals surface area contributed by atoms with Gasteiger partial charge in [-0.2, -0.15) is 0 Å². The molecule has 0 saturated heterocycles. The zero-order valence-corrected chi connectivity index (χ0v) is 11.4. The number of hydrogen-bond donors (Lipinski definition) is 1. The fourth-order valence-corrected chi connectivity index (χ4v) is 2.56. The Morgan fingerprint density at radius 1 is 1.06 bits per heavy atom. The van der Waals surface area contributed by atoms with E-state index in [2.05, 4.69) is 27.6 Å². The first-order valence-corrected chi connectivity index (χ1v) is 6.46. The molecule has 0 spiro atoms. The summed E-state index contributed by atoms with van der Waals surface area (Å²) in [6.45, 7) is 2.04. The van der Waals surface area contributed by atoms with Gasteiger partial charge in [0.25, 0.3) is 0 Å². The van der Waals surface area contributed by atoms with Gasteiger partial charge in [0.15, 0.2) is 5.43 Å². The molecule has 0 amide bonds. The summed E-state index contributed by atoms with van der Waals surface area (Å²) in [6, 6.07) is 11.5. The van der Waals surface area contributed by atoms with Crippen LogP contribution < -0.4 is 5.43 Å². The van der Waals surface area contributed by atoms with Gasteiger partial charge in [-0.3, -0.25) is 4.79 Å². The molecule has 0 aliphatic heterocycles. The molecular weight excluding hydrogens is 325 g/mol. The van der Waals surface area contributed by atoms with E-state index in [1.807, 2.05) is 43.3 Å². The van der Waals surface area contributed by atoms with Crippen LogP contribution >= 0.6 is 22.6 Å². The molecule has 0 bridgehead atoms. The topological polar surface area (TPSA) is 32.9 Å². The second kappa shape index (κ2) is 3.84. The fraction of sp³-hybridized carbons (Fsp3) is 0.0714. The number of H-pyrrole nitrogens is 1. The van der Waals surface area contributed by atoms with Gasteiger partial charge >= 0.3 is 0 Å². The molecule has 0 unspecified atom stereocenters. The van der Waals surface area contributed by atoms with Gasteiger partial charge in [0.1, 0.15) is 0 Å². The number of hydrogen-bond acceptors (Lipinski definition) is 1. The van der Waals surface area contributed by atoms with Gasteiger partial charge in [-0.15, -0.1) is 0 Å². The summed E-state index contributed by atoms with van der Waals surface area (Å²) in [6.07, 6.45) is 0. The molecule has 1 aromatic heterocycles. The molecule has 0 fully saturated rings. The van der Waals surface area contributed by atoms with E-state index in [1.165, 1.54) is 3.57 Å². The lowest BCUT2D eigenvalue weighted by atomic mass is 10.1. The maximum absolute atomic E-state index is 12.3. The van der Waals surface area contributed by atoms with Gasteiger partial charge in [0, 0.05) is 19.9 Å². The SMILES string of the molecule is Cc1c(I)ccc2c(=O)c3ccccc3[nH]c12. The van der Waals surface area contributed by atoms with Crippen molar-refractivity contribution in [3.63, 3.8) is 0 Å². The minimum atomic E-state index is 0.105. The van der Waals surface area contributed by atoms with Crippen LogP contribution in [0.3, 0.4) is 0 Å². The fourth-order valence-electron chi connectivity index (χ4n) is 2.11. The van der Waals surface area contributed by atoms with Crippen LogP contribution in [-0.4, -0.2) is 4.98 Å². The van der Waals surface area contributed by atoms with Crippen LogP contribution in [0, 0.1) is 10.5 Å². The summed E-state index contributed by atoms with van der Waals surface area (Å²) >= 11 is 2.29. The van der Waals surface area contributed by atoms with E-state index < -0.39 is 0 Å². The first kappa shape index (κ1) is 10.8. The second-order valence-electron chi connectivity index (χ2n) is 4.09. The third-order valence-electron chi connectivity index (χ3n) is 3.07. The Labute approximate surface area is 112 Å². The van der Waals surface area contributed by atoms with Crippen molar-refractivity contribution in [3.8, 4) is 0 Å². The number of halogens is 1. The monoisotopic (exact) mass is 335 g/mol. The van der Waals surface area contributed by atoms with Crippen molar-refractivity contribution in [1.29, 1.82) is 0 Å². The Morgan fingerprint density at radius 2 is 1.82 bits per heavy atom. The smallest absolute Gasteiger partial charge is 0.197 e. The average molecular weight is 335 g/mol. The number of aromatic amines is 1. The van der Waals surface area contributed by atoms with Gasteiger partial charge < -0.3 is 4.98 Å². The number of nitrogens with one attached hydrogen (secondary N) is 1. The molecule has 1 heterocycles. The molecule has 0 radical (unpaired) electrons. The van der Waals surface area contributed by atoms with Crippen molar-refractivity contribution in [3.05, 3.63) is 55.8 Å². The van der Waals surface area contributed by atoms with Crippen molar-refractivity contribution in [2.75, 3.05) is 0 Å². The summed E-state index contributed by atoms with van der Waals surface area (Å²) in [5.41, 5.74) is 3.08. The highest BCUT2D eigenvalue weighted by Crippen LogP contribution is 2.21. The highest BCUT2D eigenvalue weighted by molar-refractivity contribution is 14.1. The highest BCUT2D eigenvalue weighted by atomic mass is 127. The molecule has 84 valence electrons. The van der Waals surface area contributed by atoms with Crippen molar-refractivity contribution >= 4 is 44.4 Å². The Morgan fingerprint density at radius 3 is 2.65 bits per heavy atom. The van der Waals surface area contributed by atoms with Crippen molar-refractivity contribution in [1.82, 2.24) is 4.98 Å². The normalized spacial score (nSPS) is 11.2. The van der Waals surface area contributed by atoms with E-state index in [0.29, 0.717) is 0 Å². The molecule has 2 aromatic carbocycles. The molecule has 17 heavy (non-hydrogen) atoms. The zero-order valence-electron chi connectivity index (χ0n) is 9.25. The second-order valence-corrected chi connectivity index (χ2v) is 5.26. The maximum atomic E-state index is 12.3. The predicted octanol–water partition coefficient (Wildman–Crippen LogP) is 3.59. The number of para-hydroxylation sites is 1. The van der Waals surface area contributed by atoms with Gasteiger partial charge in [-0.25, -0.2) is 0 Å². The van der Waals surface area contributed by atoms with Crippen molar-refractivity contribution in [2.45, 2.75) is 6.92 Å². The molecule has 3 rings (SSSR count). The zero-order chi connectivity index (χ0) is 12.0. The van der Waals surface area contributed by atoms with Gasteiger partial charge in [0.05, 0.1) is 5.52 Å². The number of pyridine rings is 1. The quantitative estimate of drug-likeness (QED) is 0.494. The van der Waals surface area contributed by atoms with Crippen LogP contribution in [0.2, 0.25) is 0 Å². The highest BCUT2D eigenvalue weighted by Gasteiger charge is 2.08. The summed E-state index contributed by atoms with van der Waals surface area (Å²) < 4.78 is 1.17. The van der Waals surface area contributed by atoms with Gasteiger partial charge in [-0.05, 0) is 59.3 Å². The lowest BCUT2D eigenvalue weighted by molar-refractivity contribution is 1.39. The van der Waals surface area contributed by atoms with Crippen LogP contribution in [0.25, 0.3) is 21.8 Å². The number of fused-ring (bicyclic) bond motifs is 2. The molecule has 0 aliphatic rings. The van der Waals surface area contributed by atoms with Crippen LogP contribution in [0.1, 0.15) is 5.56 Å². The van der Waals surface area contributed by atoms with Crippen LogP contribution in [0.4, 0.5) is 0 Å². The molecule has 0 aliphatic carbocycles. The third-order valence-corrected chi connectivity index (χ3v) is 4.24. The molecular formula is C14H10INO. The van der Waals surface area contributed by atoms with Crippen LogP contribution in [0.15, 0.2) is 41.2 Å². The van der Waals surface area contributed by atoms with Crippen LogP contribution in [-0.2, 0) is 0 Å². The standard InChI is InChI=1S/C14H10INO/c1-8-11(15)7-6-10-13(8)16-12-5-3-2-4-9(12)14(10)17/h2-7H,1H3,(H,16,17). The van der Waals surface area contributed by atoms with Crippen molar-refractivity contribution in [2.24, 2.45) is 0 Å². The summed E-state index contributed by atoms with van der Waals surface area (Å²) in [4.78, 5) is 15.7. The number of rotatable bonds is 0. The summed E-state index contributed by atoms with van der Waals surface area (Å²) in [5, 5.41) is 1.52. The van der Waals surface area contributed by atoms with Gasteiger partial charge in [0.2, 0.25) is 0 Å². The molecule has 2 nitrogen and oxygen atoms in total. The minimum Gasteiger partial charge on any atom is -0.354 e. The van der Waals surface area contributed by atoms with E-state index >= 15 is 0 Å². The van der Waals surface area contributed by atoms with E-state index in [1.54, 1.807) is 0 Å². The Kier molecular flexibility index (Phi) is 2.43. The predicted molar refractivity (Wildman–Crippen MR) is 79.5 cm³/mol. The maximum Gasteiger partial charge on any atom is 0.197 e. The van der Waals surface area contributed by atoms with E-state index in [-0.39, 0.29) is 5.43 Å². The number of aryl methyl sites for hydroxylation is 1.